The first-order chi connectivity index (χ1) is 13.1. The Kier molecular flexibility index (Phi) is 4.34. The first kappa shape index (κ1) is 16.8. The van der Waals surface area contributed by atoms with Gasteiger partial charge in [-0.1, -0.05) is 42.5 Å². The molecular formula is C22H14F2N2O. The first-order valence-corrected chi connectivity index (χ1v) is 8.32. The maximum absolute atomic E-state index is 13.7. The number of rotatable bonds is 4. The van der Waals surface area contributed by atoms with Crippen molar-refractivity contribution in [3.8, 4) is 0 Å². The normalized spacial score (nSPS) is 10.7. The summed E-state index contributed by atoms with van der Waals surface area (Å²) in [6.45, 7) is 0. The highest BCUT2D eigenvalue weighted by atomic mass is 19.1. The van der Waals surface area contributed by atoms with E-state index < -0.39 is 11.6 Å². The molecule has 4 aromatic rings. The molecule has 132 valence electrons. The van der Waals surface area contributed by atoms with E-state index >= 15 is 0 Å². The Balaban J connectivity index is 1.58. The van der Waals surface area contributed by atoms with E-state index in [4.69, 9.17) is 0 Å². The lowest BCUT2D eigenvalue weighted by Crippen LogP contribution is -2.04. The zero-order valence-corrected chi connectivity index (χ0v) is 14.1. The van der Waals surface area contributed by atoms with Gasteiger partial charge in [0.25, 0.3) is 0 Å². The summed E-state index contributed by atoms with van der Waals surface area (Å²) >= 11 is 0. The lowest BCUT2D eigenvalue weighted by Gasteiger charge is -2.08. The molecule has 0 saturated heterocycles. The number of ketones is 1. The number of nitrogens with one attached hydrogen (secondary N) is 1. The number of carbonyl (C=O) groups excluding carboxylic acids is 1. The predicted molar refractivity (Wildman–Crippen MR) is 101 cm³/mol. The molecule has 5 heteroatoms. The molecule has 1 N–H and O–H groups in total. The van der Waals surface area contributed by atoms with Gasteiger partial charge in [-0.15, -0.1) is 0 Å². The van der Waals surface area contributed by atoms with Gasteiger partial charge in [0.1, 0.15) is 23.1 Å². The Morgan fingerprint density at radius 1 is 0.778 bits per heavy atom. The molecule has 1 aromatic heterocycles. The molecule has 0 spiro atoms. The Morgan fingerprint density at radius 3 is 2.19 bits per heavy atom. The van der Waals surface area contributed by atoms with Gasteiger partial charge in [0, 0.05) is 17.3 Å². The first-order valence-electron chi connectivity index (χ1n) is 8.32. The van der Waals surface area contributed by atoms with E-state index in [1.54, 1.807) is 12.1 Å². The van der Waals surface area contributed by atoms with Crippen LogP contribution < -0.4 is 5.32 Å². The van der Waals surface area contributed by atoms with Gasteiger partial charge in [-0.25, -0.2) is 13.8 Å². The number of para-hydroxylation sites is 1. The highest BCUT2D eigenvalue weighted by Crippen LogP contribution is 2.23. The summed E-state index contributed by atoms with van der Waals surface area (Å²) in [5.41, 5.74) is 0.666. The SMILES string of the molecule is O=C(c1ccc(Nc2c(F)cccc2F)nc1)c1ccc2ccccc2c1. The van der Waals surface area contributed by atoms with Gasteiger partial charge in [-0.3, -0.25) is 4.79 Å². The summed E-state index contributed by atoms with van der Waals surface area (Å²) in [5.74, 6) is -1.35. The molecule has 3 nitrogen and oxygen atoms in total. The summed E-state index contributed by atoms with van der Waals surface area (Å²) in [6.07, 6.45) is 1.39. The molecule has 0 aliphatic heterocycles. The molecule has 0 aliphatic rings. The zero-order valence-electron chi connectivity index (χ0n) is 14.1. The number of aromatic nitrogens is 1. The van der Waals surface area contributed by atoms with Gasteiger partial charge in [0.2, 0.25) is 0 Å². The van der Waals surface area contributed by atoms with Crippen LogP contribution >= 0.6 is 0 Å². The van der Waals surface area contributed by atoms with Crippen LogP contribution in [0.15, 0.2) is 79.0 Å². The lowest BCUT2D eigenvalue weighted by molar-refractivity contribution is 0.103. The standard InChI is InChI=1S/C22H14F2N2O/c23-18-6-3-7-19(24)21(18)26-20-11-10-17(13-25-20)22(27)16-9-8-14-4-1-2-5-15(14)12-16/h1-13H,(H,25,26). The summed E-state index contributed by atoms with van der Waals surface area (Å²) < 4.78 is 27.4. The molecule has 0 radical (unpaired) electrons. The third-order valence-corrected chi connectivity index (χ3v) is 4.25. The van der Waals surface area contributed by atoms with Crippen LogP contribution in [0.5, 0.6) is 0 Å². The van der Waals surface area contributed by atoms with Gasteiger partial charge in [-0.2, -0.15) is 0 Å². The highest BCUT2D eigenvalue weighted by Gasteiger charge is 2.12. The summed E-state index contributed by atoms with van der Waals surface area (Å²) in [5, 5.41) is 4.63. The van der Waals surface area contributed by atoms with Crippen molar-refractivity contribution in [2.75, 3.05) is 5.32 Å². The van der Waals surface area contributed by atoms with E-state index in [-0.39, 0.29) is 17.3 Å². The van der Waals surface area contributed by atoms with Gasteiger partial charge in [-0.05, 0) is 41.1 Å². The Labute approximate surface area is 154 Å². The van der Waals surface area contributed by atoms with Crippen LogP contribution in [0.3, 0.4) is 0 Å². The molecule has 3 aromatic carbocycles. The second-order valence-electron chi connectivity index (χ2n) is 6.04. The minimum atomic E-state index is -0.715. The lowest BCUT2D eigenvalue weighted by atomic mass is 10.0. The fraction of sp³-hybridized carbons (Fsp3) is 0. The Hall–Kier alpha value is -3.60. The molecule has 0 aliphatic carbocycles. The number of pyridine rings is 1. The number of benzene rings is 3. The number of anilines is 2. The van der Waals surface area contributed by atoms with Crippen molar-refractivity contribution < 1.29 is 13.6 Å². The third kappa shape index (κ3) is 3.40. The average Bonchev–Trinajstić information content (AvgIpc) is 2.70. The van der Waals surface area contributed by atoms with E-state index in [0.717, 1.165) is 22.9 Å². The number of fused-ring (bicyclic) bond motifs is 1. The second-order valence-corrected chi connectivity index (χ2v) is 6.04. The smallest absolute Gasteiger partial charge is 0.194 e. The Bertz CT molecular complexity index is 1120. The van der Waals surface area contributed by atoms with Crippen molar-refractivity contribution in [2.24, 2.45) is 0 Å². The molecule has 0 unspecified atom stereocenters. The van der Waals surface area contributed by atoms with Crippen LogP contribution in [0.1, 0.15) is 15.9 Å². The maximum atomic E-state index is 13.7. The van der Waals surface area contributed by atoms with Gasteiger partial charge < -0.3 is 5.32 Å². The molecule has 0 fully saturated rings. The molecule has 0 bridgehead atoms. The van der Waals surface area contributed by atoms with Crippen LogP contribution in [-0.2, 0) is 0 Å². The largest absolute Gasteiger partial charge is 0.335 e. The number of carbonyl (C=O) groups is 1. The van der Waals surface area contributed by atoms with Gasteiger partial charge in [0.15, 0.2) is 5.78 Å². The van der Waals surface area contributed by atoms with Crippen molar-refractivity contribution in [1.29, 1.82) is 0 Å². The summed E-state index contributed by atoms with van der Waals surface area (Å²) in [4.78, 5) is 16.8. The molecule has 0 amide bonds. The molecule has 1 heterocycles. The van der Waals surface area contributed by atoms with E-state index in [2.05, 4.69) is 10.3 Å². The van der Waals surface area contributed by atoms with Crippen molar-refractivity contribution in [1.82, 2.24) is 4.98 Å². The van der Waals surface area contributed by atoms with Crippen molar-refractivity contribution >= 4 is 28.1 Å². The summed E-state index contributed by atoms with van der Waals surface area (Å²) in [7, 11) is 0. The minimum absolute atomic E-state index is 0.170. The van der Waals surface area contributed by atoms with Crippen molar-refractivity contribution in [3.63, 3.8) is 0 Å². The van der Waals surface area contributed by atoms with Crippen LogP contribution in [0.25, 0.3) is 10.8 Å². The number of hydrogen-bond donors (Lipinski definition) is 1. The van der Waals surface area contributed by atoms with Crippen LogP contribution in [0.4, 0.5) is 20.3 Å². The monoisotopic (exact) mass is 360 g/mol. The maximum Gasteiger partial charge on any atom is 0.194 e. The van der Waals surface area contributed by atoms with Crippen LogP contribution in [0, 0.1) is 11.6 Å². The molecule has 27 heavy (non-hydrogen) atoms. The Morgan fingerprint density at radius 2 is 1.48 bits per heavy atom. The number of hydrogen-bond acceptors (Lipinski definition) is 3. The fourth-order valence-corrected chi connectivity index (χ4v) is 2.84. The molecule has 0 atom stereocenters. The van der Waals surface area contributed by atoms with E-state index in [0.29, 0.717) is 11.1 Å². The number of nitrogens with zero attached hydrogens (tertiary/aromatic N) is 1. The summed E-state index contributed by atoms with van der Waals surface area (Å²) in [6, 6.07) is 20.0. The molecule has 0 saturated carbocycles. The van der Waals surface area contributed by atoms with E-state index in [9.17, 15) is 13.6 Å². The van der Waals surface area contributed by atoms with Gasteiger partial charge >= 0.3 is 0 Å². The van der Waals surface area contributed by atoms with Crippen molar-refractivity contribution in [2.45, 2.75) is 0 Å². The molecular weight excluding hydrogens is 346 g/mol. The third-order valence-electron chi connectivity index (χ3n) is 4.25. The van der Waals surface area contributed by atoms with Crippen molar-refractivity contribution in [3.05, 3.63) is 102 Å². The molecule has 4 rings (SSSR count). The minimum Gasteiger partial charge on any atom is -0.335 e. The van der Waals surface area contributed by atoms with Crippen LogP contribution in [0.2, 0.25) is 0 Å². The quantitative estimate of drug-likeness (QED) is 0.490. The predicted octanol–water partition coefficient (Wildman–Crippen LogP) is 5.49. The second kappa shape index (κ2) is 6.96. The fourth-order valence-electron chi connectivity index (χ4n) is 2.84. The zero-order chi connectivity index (χ0) is 18.8. The highest BCUT2D eigenvalue weighted by molar-refractivity contribution is 6.10. The van der Waals surface area contributed by atoms with E-state index in [1.807, 2.05) is 36.4 Å². The van der Waals surface area contributed by atoms with Crippen LogP contribution in [-0.4, -0.2) is 10.8 Å². The van der Waals surface area contributed by atoms with E-state index in [1.165, 1.54) is 18.3 Å². The topological polar surface area (TPSA) is 42.0 Å². The van der Waals surface area contributed by atoms with Gasteiger partial charge in [0.05, 0.1) is 0 Å². The number of halogens is 2. The average molecular weight is 360 g/mol.